The van der Waals surface area contributed by atoms with Crippen molar-refractivity contribution in [2.24, 2.45) is 4.99 Å². The second-order valence-electron chi connectivity index (χ2n) is 6.73. The lowest BCUT2D eigenvalue weighted by atomic mass is 10.2. The molecule has 0 bridgehead atoms. The van der Waals surface area contributed by atoms with Gasteiger partial charge < -0.3 is 18.8 Å². The van der Waals surface area contributed by atoms with Crippen LogP contribution in [0.25, 0.3) is 10.2 Å². The van der Waals surface area contributed by atoms with Gasteiger partial charge >= 0.3 is 5.97 Å². The van der Waals surface area contributed by atoms with Gasteiger partial charge in [0.15, 0.2) is 4.80 Å². The molecular formula is C23H26N2O5S. The molecule has 0 spiro atoms. The van der Waals surface area contributed by atoms with Crippen LogP contribution in [0.3, 0.4) is 0 Å². The van der Waals surface area contributed by atoms with Crippen LogP contribution in [0.5, 0.6) is 11.5 Å². The van der Waals surface area contributed by atoms with E-state index in [2.05, 4.69) is 11.9 Å². The molecule has 0 atom stereocenters. The molecule has 0 fully saturated rings. The average molecular weight is 443 g/mol. The number of fused-ring (bicyclic) bond motifs is 1. The maximum Gasteiger partial charge on any atom is 0.326 e. The summed E-state index contributed by atoms with van der Waals surface area (Å²) in [5, 5.41) is 0. The van der Waals surface area contributed by atoms with E-state index in [4.69, 9.17) is 14.2 Å². The molecule has 164 valence electrons. The summed E-state index contributed by atoms with van der Waals surface area (Å²) in [5.41, 5.74) is 1.12. The van der Waals surface area contributed by atoms with Gasteiger partial charge in [-0.15, -0.1) is 0 Å². The van der Waals surface area contributed by atoms with Gasteiger partial charge in [-0.25, -0.2) is 0 Å². The maximum absolute atomic E-state index is 12.9. The monoisotopic (exact) mass is 442 g/mol. The third-order valence-corrected chi connectivity index (χ3v) is 5.56. The first-order valence-electron chi connectivity index (χ1n) is 10.2. The summed E-state index contributed by atoms with van der Waals surface area (Å²) >= 11 is 1.31. The Balaban J connectivity index is 2.02. The summed E-state index contributed by atoms with van der Waals surface area (Å²) in [6, 6.07) is 12.5. The summed E-state index contributed by atoms with van der Waals surface area (Å²) in [6.45, 7) is 4.64. The number of aromatic nitrogens is 1. The Morgan fingerprint density at radius 2 is 1.94 bits per heavy atom. The number of carbonyl (C=O) groups is 2. The normalized spacial score (nSPS) is 11.5. The zero-order valence-electron chi connectivity index (χ0n) is 17.9. The lowest BCUT2D eigenvalue weighted by Crippen LogP contribution is -2.23. The number of unbranched alkanes of at least 4 members (excludes halogenated alkanes) is 1. The van der Waals surface area contributed by atoms with Crippen LogP contribution < -0.4 is 14.3 Å². The molecule has 31 heavy (non-hydrogen) atoms. The van der Waals surface area contributed by atoms with Gasteiger partial charge in [-0.1, -0.05) is 36.8 Å². The summed E-state index contributed by atoms with van der Waals surface area (Å²) < 4.78 is 18.8. The first kappa shape index (κ1) is 22.6. The summed E-state index contributed by atoms with van der Waals surface area (Å²) in [7, 11) is 1.56. The van der Waals surface area contributed by atoms with E-state index in [0.717, 1.165) is 17.5 Å². The van der Waals surface area contributed by atoms with Gasteiger partial charge in [0, 0.05) is 5.56 Å². The van der Waals surface area contributed by atoms with Gasteiger partial charge in [0.1, 0.15) is 23.6 Å². The third kappa shape index (κ3) is 5.52. The standard InChI is InChI=1S/C23H26N2O5S/c1-4-6-13-30-17-10-7-9-16(14-17)22(27)24-23-25(15-20(26)29-5-2)21-18(28-3)11-8-12-19(21)31-23/h7-12,14H,4-6,13,15H2,1-3H3. The molecule has 2 aromatic carbocycles. The van der Waals surface area contributed by atoms with Gasteiger partial charge in [-0.2, -0.15) is 4.99 Å². The van der Waals surface area contributed by atoms with E-state index in [0.29, 0.717) is 34.0 Å². The topological polar surface area (TPSA) is 79.1 Å². The van der Waals surface area contributed by atoms with Gasteiger partial charge in [-0.3, -0.25) is 9.59 Å². The predicted octanol–water partition coefficient (Wildman–Crippen LogP) is 4.19. The molecule has 0 saturated carbocycles. The van der Waals surface area contributed by atoms with E-state index in [-0.39, 0.29) is 13.2 Å². The highest BCUT2D eigenvalue weighted by atomic mass is 32.1. The minimum Gasteiger partial charge on any atom is -0.495 e. The van der Waals surface area contributed by atoms with Crippen molar-refractivity contribution in [2.75, 3.05) is 20.3 Å². The number of nitrogens with zero attached hydrogens (tertiary/aromatic N) is 2. The number of hydrogen-bond acceptors (Lipinski definition) is 6. The van der Waals surface area contributed by atoms with Crippen molar-refractivity contribution in [1.82, 2.24) is 4.57 Å². The third-order valence-electron chi connectivity index (χ3n) is 4.52. The Morgan fingerprint density at radius 1 is 1.13 bits per heavy atom. The molecule has 0 N–H and O–H groups in total. The fourth-order valence-electron chi connectivity index (χ4n) is 3.03. The van der Waals surface area contributed by atoms with Crippen LogP contribution in [0, 0.1) is 0 Å². The first-order valence-corrected chi connectivity index (χ1v) is 11.0. The number of para-hydroxylation sites is 1. The van der Waals surface area contributed by atoms with E-state index < -0.39 is 11.9 Å². The summed E-state index contributed by atoms with van der Waals surface area (Å²) in [6.07, 6.45) is 1.98. The van der Waals surface area contributed by atoms with Crippen molar-refractivity contribution in [3.05, 3.63) is 52.8 Å². The Morgan fingerprint density at radius 3 is 2.68 bits per heavy atom. The van der Waals surface area contributed by atoms with E-state index in [1.165, 1.54) is 11.3 Å². The van der Waals surface area contributed by atoms with Crippen LogP contribution in [-0.2, 0) is 16.1 Å². The van der Waals surface area contributed by atoms with Crippen LogP contribution in [0.4, 0.5) is 0 Å². The molecule has 0 aliphatic rings. The van der Waals surface area contributed by atoms with Crippen molar-refractivity contribution >= 4 is 33.4 Å². The zero-order valence-corrected chi connectivity index (χ0v) is 18.7. The van der Waals surface area contributed by atoms with E-state index in [1.54, 1.807) is 42.9 Å². The number of benzene rings is 2. The predicted molar refractivity (Wildman–Crippen MR) is 120 cm³/mol. The SMILES string of the molecule is CCCCOc1cccc(C(=O)N=c2sc3cccc(OC)c3n2CC(=O)OCC)c1. The number of rotatable bonds is 9. The van der Waals surface area contributed by atoms with Gasteiger partial charge in [-0.05, 0) is 43.7 Å². The van der Waals surface area contributed by atoms with Crippen molar-refractivity contribution in [3.63, 3.8) is 0 Å². The molecule has 7 nitrogen and oxygen atoms in total. The van der Waals surface area contributed by atoms with Crippen LogP contribution in [0.2, 0.25) is 0 Å². The highest BCUT2D eigenvalue weighted by Gasteiger charge is 2.16. The Labute approximate surface area is 184 Å². The average Bonchev–Trinajstić information content (AvgIpc) is 3.11. The molecule has 3 aromatic rings. The van der Waals surface area contributed by atoms with Crippen molar-refractivity contribution < 1.29 is 23.8 Å². The highest BCUT2D eigenvalue weighted by Crippen LogP contribution is 2.27. The number of methoxy groups -OCH3 is 1. The smallest absolute Gasteiger partial charge is 0.326 e. The van der Waals surface area contributed by atoms with Crippen molar-refractivity contribution in [2.45, 2.75) is 33.2 Å². The number of hydrogen-bond donors (Lipinski definition) is 0. The quantitative estimate of drug-likeness (QED) is 0.367. The van der Waals surface area contributed by atoms with Gasteiger partial charge in [0.05, 0.1) is 25.0 Å². The van der Waals surface area contributed by atoms with Gasteiger partial charge in [0.25, 0.3) is 5.91 Å². The fourth-order valence-corrected chi connectivity index (χ4v) is 4.08. The second kappa shape index (κ2) is 10.8. The Bertz CT molecular complexity index is 1130. The number of ether oxygens (including phenoxy) is 3. The molecule has 0 unspecified atom stereocenters. The van der Waals surface area contributed by atoms with E-state index in [9.17, 15) is 9.59 Å². The maximum atomic E-state index is 12.9. The van der Waals surface area contributed by atoms with Crippen LogP contribution in [-0.4, -0.2) is 36.8 Å². The Kier molecular flexibility index (Phi) is 7.83. The largest absolute Gasteiger partial charge is 0.495 e. The molecule has 0 saturated heterocycles. The molecule has 0 aliphatic carbocycles. The lowest BCUT2D eigenvalue weighted by molar-refractivity contribution is -0.143. The molecular weight excluding hydrogens is 416 g/mol. The lowest BCUT2D eigenvalue weighted by Gasteiger charge is -2.08. The van der Waals surface area contributed by atoms with Crippen LogP contribution >= 0.6 is 11.3 Å². The number of carbonyl (C=O) groups excluding carboxylic acids is 2. The van der Waals surface area contributed by atoms with Crippen LogP contribution in [0.15, 0.2) is 47.5 Å². The Hall–Kier alpha value is -3.13. The molecule has 1 amide bonds. The second-order valence-corrected chi connectivity index (χ2v) is 7.74. The fraction of sp³-hybridized carbons (Fsp3) is 0.348. The summed E-state index contributed by atoms with van der Waals surface area (Å²) in [5.74, 6) is 0.405. The van der Waals surface area contributed by atoms with Crippen molar-refractivity contribution in [1.29, 1.82) is 0 Å². The summed E-state index contributed by atoms with van der Waals surface area (Å²) in [4.78, 5) is 29.8. The van der Waals surface area contributed by atoms with Gasteiger partial charge in [0.2, 0.25) is 0 Å². The molecule has 1 aromatic heterocycles. The zero-order chi connectivity index (χ0) is 22.2. The molecule has 1 heterocycles. The minimum atomic E-state index is -0.413. The van der Waals surface area contributed by atoms with E-state index >= 15 is 0 Å². The molecule has 0 radical (unpaired) electrons. The number of thiazole rings is 1. The number of esters is 1. The van der Waals surface area contributed by atoms with E-state index in [1.807, 2.05) is 18.2 Å². The highest BCUT2D eigenvalue weighted by molar-refractivity contribution is 7.16. The number of amides is 1. The molecule has 8 heteroatoms. The molecule has 0 aliphatic heterocycles. The first-order chi connectivity index (χ1) is 15.1. The van der Waals surface area contributed by atoms with Crippen LogP contribution in [0.1, 0.15) is 37.0 Å². The molecule has 3 rings (SSSR count). The van der Waals surface area contributed by atoms with Crippen molar-refractivity contribution in [3.8, 4) is 11.5 Å². The minimum absolute atomic E-state index is 0.0690.